The standard InChI is InChI=1S/C8H11N3O2/c1-5-3-7(6(2)9)10-4-8(5)11(12)13/h3-4,6H,9H2,1-2H3/t6-/m1/s1. The molecule has 1 rings (SSSR count). The molecule has 1 heterocycles. The molecule has 1 aromatic rings. The van der Waals surface area contributed by atoms with Gasteiger partial charge in [-0.15, -0.1) is 0 Å². The SMILES string of the molecule is Cc1cc([C@@H](C)N)ncc1[N+](=O)[O-]. The van der Waals surface area contributed by atoms with E-state index in [4.69, 9.17) is 5.73 Å². The van der Waals surface area contributed by atoms with E-state index in [1.165, 1.54) is 6.20 Å². The minimum Gasteiger partial charge on any atom is -0.323 e. The monoisotopic (exact) mass is 181 g/mol. The van der Waals surface area contributed by atoms with Crippen LogP contribution in [0.5, 0.6) is 0 Å². The molecule has 13 heavy (non-hydrogen) atoms. The number of pyridine rings is 1. The van der Waals surface area contributed by atoms with Crippen molar-refractivity contribution in [1.29, 1.82) is 0 Å². The number of aryl methyl sites for hydroxylation is 1. The van der Waals surface area contributed by atoms with Gasteiger partial charge in [0, 0.05) is 11.6 Å². The normalized spacial score (nSPS) is 12.5. The highest BCUT2D eigenvalue weighted by atomic mass is 16.6. The molecule has 0 aliphatic heterocycles. The van der Waals surface area contributed by atoms with Gasteiger partial charge in [-0.3, -0.25) is 15.1 Å². The second-order valence-electron chi connectivity index (χ2n) is 2.94. The molecule has 70 valence electrons. The first-order valence-electron chi connectivity index (χ1n) is 3.89. The van der Waals surface area contributed by atoms with Crippen molar-refractivity contribution in [2.75, 3.05) is 0 Å². The fourth-order valence-corrected chi connectivity index (χ4v) is 1.01. The van der Waals surface area contributed by atoms with Crippen LogP contribution >= 0.6 is 0 Å². The lowest BCUT2D eigenvalue weighted by atomic mass is 10.1. The van der Waals surface area contributed by atoms with Gasteiger partial charge in [-0.1, -0.05) is 0 Å². The van der Waals surface area contributed by atoms with Gasteiger partial charge in [-0.05, 0) is 19.9 Å². The molecule has 1 aromatic heterocycles. The molecular weight excluding hydrogens is 170 g/mol. The van der Waals surface area contributed by atoms with Gasteiger partial charge in [0.2, 0.25) is 0 Å². The second kappa shape index (κ2) is 3.49. The van der Waals surface area contributed by atoms with Crippen molar-refractivity contribution < 1.29 is 4.92 Å². The molecule has 5 heteroatoms. The highest BCUT2D eigenvalue weighted by Gasteiger charge is 2.12. The Labute approximate surface area is 75.7 Å². The molecule has 5 nitrogen and oxygen atoms in total. The Morgan fingerprint density at radius 3 is 2.69 bits per heavy atom. The van der Waals surface area contributed by atoms with Gasteiger partial charge in [0.05, 0.1) is 10.6 Å². The van der Waals surface area contributed by atoms with E-state index < -0.39 is 4.92 Å². The number of hydrogen-bond donors (Lipinski definition) is 1. The molecule has 0 unspecified atom stereocenters. The Hall–Kier alpha value is -1.49. The van der Waals surface area contributed by atoms with E-state index >= 15 is 0 Å². The van der Waals surface area contributed by atoms with Crippen molar-refractivity contribution in [2.45, 2.75) is 19.9 Å². The smallest absolute Gasteiger partial charge is 0.290 e. The fraction of sp³-hybridized carbons (Fsp3) is 0.375. The van der Waals surface area contributed by atoms with Crippen molar-refractivity contribution in [3.8, 4) is 0 Å². The van der Waals surface area contributed by atoms with Crippen LogP contribution in [0.4, 0.5) is 5.69 Å². The summed E-state index contributed by atoms with van der Waals surface area (Å²) in [5.74, 6) is 0. The molecule has 0 aromatic carbocycles. The predicted octanol–water partition coefficient (Wildman–Crippen LogP) is 1.32. The zero-order valence-electron chi connectivity index (χ0n) is 7.52. The summed E-state index contributed by atoms with van der Waals surface area (Å²) in [6.45, 7) is 3.46. The lowest BCUT2D eigenvalue weighted by Gasteiger charge is -2.04. The molecule has 0 saturated carbocycles. The molecule has 0 aliphatic carbocycles. The van der Waals surface area contributed by atoms with Gasteiger partial charge in [0.15, 0.2) is 0 Å². The van der Waals surface area contributed by atoms with Crippen LogP contribution in [0.2, 0.25) is 0 Å². The van der Waals surface area contributed by atoms with E-state index in [0.29, 0.717) is 11.3 Å². The first kappa shape index (κ1) is 9.60. The van der Waals surface area contributed by atoms with Gasteiger partial charge in [0.1, 0.15) is 6.20 Å². The van der Waals surface area contributed by atoms with Crippen molar-refractivity contribution in [3.63, 3.8) is 0 Å². The van der Waals surface area contributed by atoms with Crippen LogP contribution in [0.15, 0.2) is 12.3 Å². The quantitative estimate of drug-likeness (QED) is 0.551. The lowest BCUT2D eigenvalue weighted by Crippen LogP contribution is -2.08. The van der Waals surface area contributed by atoms with Crippen molar-refractivity contribution in [3.05, 3.63) is 33.6 Å². The van der Waals surface area contributed by atoms with E-state index in [9.17, 15) is 10.1 Å². The van der Waals surface area contributed by atoms with Crippen LogP contribution in [-0.2, 0) is 0 Å². The number of hydrogen-bond acceptors (Lipinski definition) is 4. The molecule has 0 fully saturated rings. The number of nitrogens with two attached hydrogens (primary N) is 1. The highest BCUT2D eigenvalue weighted by molar-refractivity contribution is 5.37. The molecule has 0 aliphatic rings. The number of nitro groups is 1. The summed E-state index contributed by atoms with van der Waals surface area (Å²) in [7, 11) is 0. The van der Waals surface area contributed by atoms with E-state index in [1.54, 1.807) is 19.9 Å². The molecule has 1 atom stereocenters. The second-order valence-corrected chi connectivity index (χ2v) is 2.94. The third-order valence-corrected chi connectivity index (χ3v) is 1.77. The lowest BCUT2D eigenvalue weighted by molar-refractivity contribution is -0.385. The van der Waals surface area contributed by atoms with Crippen molar-refractivity contribution in [1.82, 2.24) is 4.98 Å². The predicted molar refractivity (Wildman–Crippen MR) is 48.2 cm³/mol. The average molecular weight is 181 g/mol. The van der Waals surface area contributed by atoms with Gasteiger partial charge in [0.25, 0.3) is 5.69 Å². The van der Waals surface area contributed by atoms with Gasteiger partial charge < -0.3 is 5.73 Å². The third kappa shape index (κ3) is 2.00. The number of nitrogens with zero attached hydrogens (tertiary/aromatic N) is 2. The summed E-state index contributed by atoms with van der Waals surface area (Å²) in [4.78, 5) is 13.9. The maximum Gasteiger partial charge on any atom is 0.290 e. The summed E-state index contributed by atoms with van der Waals surface area (Å²) in [5, 5.41) is 10.4. The Bertz CT molecular complexity index is 336. The Morgan fingerprint density at radius 2 is 2.31 bits per heavy atom. The van der Waals surface area contributed by atoms with E-state index in [2.05, 4.69) is 4.98 Å². The summed E-state index contributed by atoms with van der Waals surface area (Å²) < 4.78 is 0. The van der Waals surface area contributed by atoms with E-state index in [0.717, 1.165) is 0 Å². The minimum absolute atomic E-state index is 0.0319. The van der Waals surface area contributed by atoms with Crippen LogP contribution in [-0.4, -0.2) is 9.91 Å². The molecule has 0 amide bonds. The van der Waals surface area contributed by atoms with Gasteiger partial charge in [-0.25, -0.2) is 0 Å². The Morgan fingerprint density at radius 1 is 1.69 bits per heavy atom. The average Bonchev–Trinajstić information content (AvgIpc) is 2.03. The molecule has 0 spiro atoms. The Balaban J connectivity index is 3.13. The maximum atomic E-state index is 10.4. The first-order chi connectivity index (χ1) is 6.02. The summed E-state index contributed by atoms with van der Waals surface area (Å²) in [6, 6.07) is 1.45. The molecular formula is C8H11N3O2. The Kier molecular flexibility index (Phi) is 2.57. The molecule has 2 N–H and O–H groups in total. The topological polar surface area (TPSA) is 82.0 Å². The largest absolute Gasteiger partial charge is 0.323 e. The highest BCUT2D eigenvalue weighted by Crippen LogP contribution is 2.18. The van der Waals surface area contributed by atoms with Crippen LogP contribution in [0.3, 0.4) is 0 Å². The van der Waals surface area contributed by atoms with Crippen molar-refractivity contribution in [2.24, 2.45) is 5.73 Å². The first-order valence-corrected chi connectivity index (χ1v) is 3.89. The zero-order valence-corrected chi connectivity index (χ0v) is 7.52. The zero-order chi connectivity index (χ0) is 10.0. The van der Waals surface area contributed by atoms with Crippen LogP contribution in [0.1, 0.15) is 24.2 Å². The molecule has 0 bridgehead atoms. The fourth-order valence-electron chi connectivity index (χ4n) is 1.01. The van der Waals surface area contributed by atoms with Crippen LogP contribution < -0.4 is 5.73 Å². The van der Waals surface area contributed by atoms with Gasteiger partial charge in [-0.2, -0.15) is 0 Å². The van der Waals surface area contributed by atoms with Gasteiger partial charge >= 0.3 is 0 Å². The third-order valence-electron chi connectivity index (χ3n) is 1.77. The summed E-state index contributed by atoms with van der Waals surface area (Å²) in [6.07, 6.45) is 1.24. The maximum absolute atomic E-state index is 10.4. The minimum atomic E-state index is -0.451. The summed E-state index contributed by atoms with van der Waals surface area (Å²) in [5.41, 5.74) is 6.87. The number of rotatable bonds is 2. The number of aromatic nitrogens is 1. The van der Waals surface area contributed by atoms with E-state index in [1.807, 2.05) is 0 Å². The molecule has 0 saturated heterocycles. The van der Waals surface area contributed by atoms with Crippen molar-refractivity contribution >= 4 is 5.69 Å². The van der Waals surface area contributed by atoms with Crippen LogP contribution in [0.25, 0.3) is 0 Å². The van der Waals surface area contributed by atoms with Crippen LogP contribution in [0, 0.1) is 17.0 Å². The molecule has 0 radical (unpaired) electrons. The summed E-state index contributed by atoms with van der Waals surface area (Å²) >= 11 is 0. The van der Waals surface area contributed by atoms with E-state index in [-0.39, 0.29) is 11.7 Å².